The molecule has 2 aromatic heterocycles. The third-order valence-corrected chi connectivity index (χ3v) is 7.54. The number of hydrogen-bond acceptors (Lipinski definition) is 6. The Kier molecular flexibility index (Phi) is 4.97. The van der Waals surface area contributed by atoms with Crippen LogP contribution in [0.5, 0.6) is 5.75 Å². The van der Waals surface area contributed by atoms with Crippen molar-refractivity contribution in [2.24, 2.45) is 11.7 Å². The van der Waals surface area contributed by atoms with Crippen molar-refractivity contribution < 1.29 is 9.50 Å². The Hall–Kier alpha value is -3.96. The van der Waals surface area contributed by atoms with Crippen molar-refractivity contribution >= 4 is 11.6 Å². The van der Waals surface area contributed by atoms with E-state index in [2.05, 4.69) is 9.88 Å². The van der Waals surface area contributed by atoms with E-state index in [1.165, 1.54) is 12.1 Å². The van der Waals surface area contributed by atoms with Gasteiger partial charge >= 0.3 is 0 Å². The van der Waals surface area contributed by atoms with Gasteiger partial charge in [-0.05, 0) is 61.4 Å². The summed E-state index contributed by atoms with van der Waals surface area (Å²) in [6.45, 7) is 2.65. The maximum absolute atomic E-state index is 14.7. The van der Waals surface area contributed by atoms with Gasteiger partial charge < -0.3 is 15.7 Å². The number of imidazole rings is 1. The summed E-state index contributed by atoms with van der Waals surface area (Å²) in [7, 11) is 0. The molecular formula is C27H25FN6O. The van der Waals surface area contributed by atoms with E-state index in [1.807, 2.05) is 35.7 Å². The van der Waals surface area contributed by atoms with E-state index < -0.39 is 5.82 Å². The highest BCUT2D eigenvalue weighted by molar-refractivity contribution is 5.91. The first kappa shape index (κ1) is 21.6. The van der Waals surface area contributed by atoms with Gasteiger partial charge in [-0.2, -0.15) is 5.26 Å². The van der Waals surface area contributed by atoms with Gasteiger partial charge in [0.1, 0.15) is 23.3 Å². The van der Waals surface area contributed by atoms with E-state index >= 15 is 0 Å². The van der Waals surface area contributed by atoms with E-state index in [4.69, 9.17) is 10.7 Å². The van der Waals surface area contributed by atoms with E-state index in [0.29, 0.717) is 28.4 Å². The second kappa shape index (κ2) is 8.07. The summed E-state index contributed by atoms with van der Waals surface area (Å²) < 4.78 is 16.7. The third-order valence-electron chi connectivity index (χ3n) is 7.54. The third kappa shape index (κ3) is 3.43. The molecule has 3 unspecified atom stereocenters. The van der Waals surface area contributed by atoms with Crippen LogP contribution in [0.1, 0.15) is 30.4 Å². The number of halogens is 1. The van der Waals surface area contributed by atoms with Gasteiger partial charge in [-0.25, -0.2) is 14.4 Å². The lowest BCUT2D eigenvalue weighted by Gasteiger charge is -2.49. The number of hydrogen-bond donors (Lipinski definition) is 2. The number of nitrogens with two attached hydrogens (primary N) is 1. The molecule has 3 N–H and O–H groups in total. The minimum atomic E-state index is -0.600. The number of nitrogens with zero attached hydrogens (tertiary/aromatic N) is 5. The molecule has 2 saturated heterocycles. The van der Waals surface area contributed by atoms with E-state index in [-0.39, 0.29) is 23.4 Å². The van der Waals surface area contributed by atoms with Gasteiger partial charge in [-0.1, -0.05) is 18.2 Å². The first-order valence-corrected chi connectivity index (χ1v) is 11.8. The van der Waals surface area contributed by atoms with Gasteiger partial charge in [0.05, 0.1) is 16.8 Å². The molecule has 4 heterocycles. The first-order valence-electron chi connectivity index (χ1n) is 11.8. The summed E-state index contributed by atoms with van der Waals surface area (Å²) in [6, 6.07) is 12.3. The summed E-state index contributed by atoms with van der Waals surface area (Å²) in [4.78, 5) is 12.1. The van der Waals surface area contributed by atoms with Crippen LogP contribution in [0.3, 0.4) is 0 Å². The molecule has 4 aromatic rings. The Bertz CT molecular complexity index is 1510. The Balaban J connectivity index is 1.62. The fourth-order valence-electron chi connectivity index (χ4n) is 5.56. The average molecular weight is 469 g/mol. The zero-order valence-electron chi connectivity index (χ0n) is 19.3. The van der Waals surface area contributed by atoms with Gasteiger partial charge in [0.25, 0.3) is 0 Å². The normalized spacial score (nSPS) is 21.4. The molecular weight excluding hydrogens is 443 g/mol. The molecule has 176 valence electrons. The maximum Gasteiger partial charge on any atom is 0.212 e. The molecule has 1 aliphatic carbocycles. The molecule has 2 aliphatic heterocycles. The number of rotatable bonds is 3. The van der Waals surface area contributed by atoms with Crippen LogP contribution < -0.4 is 10.6 Å². The summed E-state index contributed by atoms with van der Waals surface area (Å²) in [5.74, 6) is 0.719. The minimum absolute atomic E-state index is 0.0206. The number of benzene rings is 2. The zero-order chi connectivity index (χ0) is 24.3. The molecule has 1 saturated carbocycles. The topological polar surface area (TPSA) is 103 Å². The van der Waals surface area contributed by atoms with E-state index in [1.54, 1.807) is 18.3 Å². The second-order valence-corrected chi connectivity index (χ2v) is 9.61. The molecule has 0 spiro atoms. The molecule has 3 fully saturated rings. The highest BCUT2D eigenvalue weighted by Gasteiger charge is 2.40. The minimum Gasteiger partial charge on any atom is -0.508 e. The van der Waals surface area contributed by atoms with E-state index in [0.717, 1.165) is 42.9 Å². The summed E-state index contributed by atoms with van der Waals surface area (Å²) >= 11 is 0. The molecule has 7 nitrogen and oxygen atoms in total. The predicted octanol–water partition coefficient (Wildman–Crippen LogP) is 4.40. The Morgan fingerprint density at radius 1 is 1.17 bits per heavy atom. The van der Waals surface area contributed by atoms with Gasteiger partial charge in [-0.3, -0.25) is 4.40 Å². The summed E-state index contributed by atoms with van der Waals surface area (Å²) in [5, 5.41) is 19.7. The summed E-state index contributed by atoms with van der Waals surface area (Å²) in [5.41, 5.74) is 10.3. The van der Waals surface area contributed by atoms with E-state index in [9.17, 15) is 14.8 Å². The van der Waals surface area contributed by atoms with Gasteiger partial charge in [-0.15, -0.1) is 0 Å². The maximum atomic E-state index is 14.7. The number of nitriles is 1. The number of aromatic nitrogens is 3. The molecule has 3 atom stereocenters. The van der Waals surface area contributed by atoms with Crippen molar-refractivity contribution in [2.75, 3.05) is 11.4 Å². The van der Waals surface area contributed by atoms with Gasteiger partial charge in [0.15, 0.2) is 0 Å². The fraction of sp³-hybridized carbons (Fsp3) is 0.296. The highest BCUT2D eigenvalue weighted by atomic mass is 19.1. The standard InChI is InChI=1S/C27H25FN6O/c1-15-2-3-16(11-23(15)35)24-25(17-4-5-18(13-29)21(28)10-17)32-27(33-9-8-31-26(24)33)34-14-19-6-7-20(34)12-22(19)30/h2-5,8-11,19-20,22,35H,6-7,12,14,30H2,1H3. The molecule has 35 heavy (non-hydrogen) atoms. The van der Waals surface area contributed by atoms with Crippen molar-refractivity contribution in [1.82, 2.24) is 14.4 Å². The van der Waals surface area contributed by atoms with Crippen molar-refractivity contribution in [2.45, 2.75) is 38.3 Å². The number of phenolic OH excluding ortho intramolecular Hbond substituents is 1. The van der Waals surface area contributed by atoms with Crippen LogP contribution in [0, 0.1) is 30.0 Å². The fourth-order valence-corrected chi connectivity index (χ4v) is 5.56. The van der Waals surface area contributed by atoms with Crippen LogP contribution in [0.25, 0.3) is 28.0 Å². The lowest BCUT2D eigenvalue weighted by molar-refractivity contribution is 0.214. The molecule has 8 heteroatoms. The van der Waals surface area contributed by atoms with Crippen molar-refractivity contribution in [3.63, 3.8) is 0 Å². The van der Waals surface area contributed by atoms with Gasteiger partial charge in [0, 0.05) is 36.6 Å². The predicted molar refractivity (Wildman–Crippen MR) is 131 cm³/mol. The molecule has 3 aliphatic rings. The average Bonchev–Trinajstić information content (AvgIpc) is 3.35. The number of fused-ring (bicyclic) bond motifs is 4. The molecule has 2 aromatic carbocycles. The SMILES string of the molecule is Cc1ccc(-c2c(-c3ccc(C#N)c(F)c3)nc(N3CC4CCC3CC4N)n3ccnc23)cc1O. The van der Waals surface area contributed by atoms with Crippen LogP contribution >= 0.6 is 0 Å². The van der Waals surface area contributed by atoms with Crippen molar-refractivity contribution in [3.05, 3.63) is 65.7 Å². The van der Waals surface area contributed by atoms with Crippen LogP contribution in [0.2, 0.25) is 0 Å². The summed E-state index contributed by atoms with van der Waals surface area (Å²) in [6.07, 6.45) is 6.71. The molecule has 0 amide bonds. The van der Waals surface area contributed by atoms with Crippen molar-refractivity contribution in [3.8, 4) is 34.2 Å². The Labute approximate surface area is 202 Å². The lowest BCUT2D eigenvalue weighted by atomic mass is 9.77. The molecule has 2 bridgehead atoms. The number of aromatic hydroxyl groups is 1. The number of piperidine rings is 2. The van der Waals surface area contributed by atoms with Crippen molar-refractivity contribution in [1.29, 1.82) is 5.26 Å². The monoisotopic (exact) mass is 468 g/mol. The number of phenols is 1. The molecule has 7 rings (SSSR count). The lowest BCUT2D eigenvalue weighted by Crippen LogP contribution is -2.57. The molecule has 0 radical (unpaired) electrons. The Morgan fingerprint density at radius 2 is 2.00 bits per heavy atom. The quantitative estimate of drug-likeness (QED) is 0.462. The van der Waals surface area contributed by atoms with Gasteiger partial charge in [0.2, 0.25) is 5.95 Å². The highest BCUT2D eigenvalue weighted by Crippen LogP contribution is 2.41. The number of anilines is 1. The zero-order valence-corrected chi connectivity index (χ0v) is 19.3. The largest absolute Gasteiger partial charge is 0.508 e. The second-order valence-electron chi connectivity index (χ2n) is 9.61. The Morgan fingerprint density at radius 3 is 2.69 bits per heavy atom. The number of aryl methyl sites for hydroxylation is 1. The first-order chi connectivity index (χ1) is 16.9. The van der Waals surface area contributed by atoms with Crippen LogP contribution in [-0.4, -0.2) is 38.1 Å². The van der Waals surface area contributed by atoms with Crippen LogP contribution in [0.15, 0.2) is 48.8 Å². The van der Waals surface area contributed by atoms with Crippen LogP contribution in [-0.2, 0) is 0 Å². The van der Waals surface area contributed by atoms with Crippen LogP contribution in [0.4, 0.5) is 10.3 Å². The smallest absolute Gasteiger partial charge is 0.212 e.